The number of carbonyl (C=O) groups is 2. The average Bonchev–Trinajstić information content (AvgIpc) is 2.62. The van der Waals surface area contributed by atoms with Crippen molar-refractivity contribution in [3.05, 3.63) is 35.9 Å². The van der Waals surface area contributed by atoms with Crippen LogP contribution < -0.4 is 5.32 Å². The molecule has 132 valence electrons. The molecule has 1 saturated heterocycles. The zero-order chi connectivity index (χ0) is 17.4. The van der Waals surface area contributed by atoms with E-state index in [9.17, 15) is 9.59 Å². The number of hydrogen-bond acceptors (Lipinski definition) is 2. The number of nitrogens with one attached hydrogen (secondary N) is 1. The number of likely N-dealkylation sites (tertiary alicyclic amines) is 1. The van der Waals surface area contributed by atoms with E-state index in [1.807, 2.05) is 35.2 Å². The van der Waals surface area contributed by atoms with Crippen LogP contribution >= 0.6 is 0 Å². The third-order valence-corrected chi connectivity index (χ3v) is 4.82. The molecule has 4 heteroatoms. The summed E-state index contributed by atoms with van der Waals surface area (Å²) in [6.45, 7) is 5.58. The fourth-order valence-corrected chi connectivity index (χ4v) is 3.26. The van der Waals surface area contributed by atoms with Crippen molar-refractivity contribution in [2.45, 2.75) is 58.4 Å². The molecule has 0 spiro atoms. The van der Waals surface area contributed by atoms with Gasteiger partial charge in [-0.1, -0.05) is 56.5 Å². The topological polar surface area (TPSA) is 49.4 Å². The summed E-state index contributed by atoms with van der Waals surface area (Å²) >= 11 is 0. The molecule has 0 aliphatic carbocycles. The minimum atomic E-state index is 0.0182. The van der Waals surface area contributed by atoms with E-state index in [0.29, 0.717) is 13.1 Å². The first-order valence-corrected chi connectivity index (χ1v) is 9.26. The normalized spacial score (nSPS) is 16.7. The zero-order valence-electron chi connectivity index (χ0n) is 15.0. The number of hydrogen-bond donors (Lipinski definition) is 1. The molecule has 24 heavy (non-hydrogen) atoms. The number of urea groups is 1. The van der Waals surface area contributed by atoms with Gasteiger partial charge in [0, 0.05) is 30.6 Å². The predicted molar refractivity (Wildman–Crippen MR) is 97.2 cm³/mol. The Kier molecular flexibility index (Phi) is 7.29. The molecule has 0 aromatic heterocycles. The van der Waals surface area contributed by atoms with Gasteiger partial charge in [-0.2, -0.15) is 0 Å². The summed E-state index contributed by atoms with van der Waals surface area (Å²) in [5.41, 5.74) is 0.782. The lowest BCUT2D eigenvalue weighted by Crippen LogP contribution is -2.47. The van der Waals surface area contributed by atoms with Crippen LogP contribution in [-0.4, -0.2) is 35.8 Å². The lowest BCUT2D eigenvalue weighted by molar-refractivity contribution is 0.0853. The maximum absolute atomic E-state index is 12.5. The highest BCUT2D eigenvalue weighted by atomic mass is 16.2. The third-order valence-electron chi connectivity index (χ3n) is 4.82. The Bertz CT molecular complexity index is 522. The molecule has 1 atom stereocenters. The number of unbranched alkanes of at least 4 members (excludes halogenated alkanes) is 2. The fourth-order valence-electron chi connectivity index (χ4n) is 3.26. The van der Waals surface area contributed by atoms with Gasteiger partial charge in [-0.15, -0.1) is 0 Å². The van der Waals surface area contributed by atoms with Gasteiger partial charge < -0.3 is 10.2 Å². The van der Waals surface area contributed by atoms with E-state index in [-0.39, 0.29) is 23.8 Å². The molecule has 1 unspecified atom stereocenters. The summed E-state index contributed by atoms with van der Waals surface area (Å²) in [7, 11) is 0. The number of rotatable bonds is 7. The molecule has 2 amide bonds. The minimum absolute atomic E-state index is 0.0182. The van der Waals surface area contributed by atoms with E-state index in [0.717, 1.165) is 31.2 Å². The van der Waals surface area contributed by atoms with Gasteiger partial charge in [0.05, 0.1) is 0 Å². The van der Waals surface area contributed by atoms with Crippen LogP contribution in [0, 0.1) is 5.92 Å². The van der Waals surface area contributed by atoms with Crippen LogP contribution in [0.2, 0.25) is 0 Å². The van der Waals surface area contributed by atoms with Crippen molar-refractivity contribution in [1.29, 1.82) is 0 Å². The minimum Gasteiger partial charge on any atom is -0.336 e. The van der Waals surface area contributed by atoms with Crippen molar-refractivity contribution >= 4 is 11.8 Å². The van der Waals surface area contributed by atoms with Crippen molar-refractivity contribution in [2.75, 3.05) is 13.1 Å². The van der Waals surface area contributed by atoms with Crippen LogP contribution in [0.5, 0.6) is 0 Å². The Morgan fingerprint density at radius 1 is 1.17 bits per heavy atom. The molecule has 1 aromatic carbocycles. The number of ketones is 1. The number of carbonyl (C=O) groups excluding carboxylic acids is 2. The van der Waals surface area contributed by atoms with Gasteiger partial charge in [-0.25, -0.2) is 4.79 Å². The van der Waals surface area contributed by atoms with Gasteiger partial charge >= 0.3 is 6.03 Å². The van der Waals surface area contributed by atoms with Gasteiger partial charge in [-0.05, 0) is 26.2 Å². The molecular formula is C20H30N2O2. The molecular weight excluding hydrogens is 300 g/mol. The quantitative estimate of drug-likeness (QED) is 0.600. The maximum atomic E-state index is 12.5. The van der Waals surface area contributed by atoms with Gasteiger partial charge in [0.1, 0.15) is 0 Å². The smallest absolute Gasteiger partial charge is 0.317 e. The average molecular weight is 330 g/mol. The summed E-state index contributed by atoms with van der Waals surface area (Å²) in [5, 5.41) is 3.09. The molecule has 1 fully saturated rings. The standard InChI is InChI=1S/C20H30N2O2/c1-3-4-6-9-16(2)21-20(24)22-14-12-18(13-15-22)19(23)17-10-7-5-8-11-17/h5,7-8,10-11,16,18H,3-4,6,9,12-15H2,1-2H3,(H,21,24). The van der Waals surface area contributed by atoms with Crippen molar-refractivity contribution in [1.82, 2.24) is 10.2 Å². The van der Waals surface area contributed by atoms with Crippen molar-refractivity contribution in [3.8, 4) is 0 Å². The van der Waals surface area contributed by atoms with Crippen LogP contribution in [0.1, 0.15) is 62.7 Å². The van der Waals surface area contributed by atoms with Crippen LogP contribution in [0.4, 0.5) is 4.79 Å². The van der Waals surface area contributed by atoms with Gasteiger partial charge in [-0.3, -0.25) is 4.79 Å². The first kappa shape index (κ1) is 18.5. The molecule has 1 heterocycles. The zero-order valence-corrected chi connectivity index (χ0v) is 15.0. The Morgan fingerprint density at radius 3 is 2.46 bits per heavy atom. The first-order chi connectivity index (χ1) is 11.6. The molecule has 1 aromatic rings. The van der Waals surface area contributed by atoms with Gasteiger partial charge in [0.25, 0.3) is 0 Å². The monoisotopic (exact) mass is 330 g/mol. The maximum Gasteiger partial charge on any atom is 0.317 e. The molecule has 0 saturated carbocycles. The highest BCUT2D eigenvalue weighted by molar-refractivity contribution is 5.97. The molecule has 1 aliphatic rings. The van der Waals surface area contributed by atoms with E-state index in [1.165, 1.54) is 12.8 Å². The summed E-state index contributed by atoms with van der Waals surface area (Å²) in [6.07, 6.45) is 6.11. The van der Waals surface area contributed by atoms with Gasteiger partial charge in [0.15, 0.2) is 5.78 Å². The molecule has 0 radical (unpaired) electrons. The Hall–Kier alpha value is -1.84. The lowest BCUT2D eigenvalue weighted by Gasteiger charge is -2.32. The molecule has 0 bridgehead atoms. The Labute approximate surface area is 145 Å². The third kappa shape index (κ3) is 5.36. The number of Topliss-reactive ketones (excluding diaryl/α,β-unsaturated/α-hetero) is 1. The van der Waals surface area contributed by atoms with Crippen molar-refractivity contribution in [3.63, 3.8) is 0 Å². The predicted octanol–water partition coefficient (Wildman–Crippen LogP) is 4.26. The summed E-state index contributed by atoms with van der Waals surface area (Å²) in [4.78, 5) is 26.7. The van der Waals surface area contributed by atoms with Crippen LogP contribution in [-0.2, 0) is 0 Å². The molecule has 1 N–H and O–H groups in total. The highest BCUT2D eigenvalue weighted by Gasteiger charge is 2.28. The fraction of sp³-hybridized carbons (Fsp3) is 0.600. The SMILES string of the molecule is CCCCCC(C)NC(=O)N1CCC(C(=O)c2ccccc2)CC1. The van der Waals surface area contributed by atoms with Crippen LogP contribution in [0.3, 0.4) is 0 Å². The van der Waals surface area contributed by atoms with E-state index < -0.39 is 0 Å². The van der Waals surface area contributed by atoms with E-state index >= 15 is 0 Å². The van der Waals surface area contributed by atoms with Crippen LogP contribution in [0.15, 0.2) is 30.3 Å². The largest absolute Gasteiger partial charge is 0.336 e. The van der Waals surface area contributed by atoms with Gasteiger partial charge in [0.2, 0.25) is 0 Å². The molecule has 4 nitrogen and oxygen atoms in total. The molecule has 1 aliphatic heterocycles. The Balaban J connectivity index is 1.75. The van der Waals surface area contributed by atoms with E-state index in [4.69, 9.17) is 0 Å². The Morgan fingerprint density at radius 2 is 1.83 bits per heavy atom. The van der Waals surface area contributed by atoms with Crippen LogP contribution in [0.25, 0.3) is 0 Å². The van der Waals surface area contributed by atoms with E-state index in [2.05, 4.69) is 19.2 Å². The highest BCUT2D eigenvalue weighted by Crippen LogP contribution is 2.22. The number of benzene rings is 1. The lowest BCUT2D eigenvalue weighted by atomic mass is 9.89. The second-order valence-electron chi connectivity index (χ2n) is 6.84. The molecule has 2 rings (SSSR count). The second kappa shape index (κ2) is 9.45. The second-order valence-corrected chi connectivity index (χ2v) is 6.84. The van der Waals surface area contributed by atoms with E-state index in [1.54, 1.807) is 0 Å². The number of amides is 2. The summed E-state index contributed by atoms with van der Waals surface area (Å²) < 4.78 is 0. The number of piperidine rings is 1. The van der Waals surface area contributed by atoms with Crippen molar-refractivity contribution in [2.24, 2.45) is 5.92 Å². The first-order valence-electron chi connectivity index (χ1n) is 9.26. The van der Waals surface area contributed by atoms with Crippen molar-refractivity contribution < 1.29 is 9.59 Å². The summed E-state index contributed by atoms with van der Waals surface area (Å²) in [6, 6.07) is 9.70. The number of nitrogens with zero attached hydrogens (tertiary/aromatic N) is 1. The summed E-state index contributed by atoms with van der Waals surface area (Å²) in [5.74, 6) is 0.252.